The lowest BCUT2D eigenvalue weighted by Gasteiger charge is -2.15. The van der Waals surface area contributed by atoms with Crippen LogP contribution in [0.25, 0.3) is 0 Å². The van der Waals surface area contributed by atoms with Gasteiger partial charge in [0.1, 0.15) is 5.78 Å². The molecule has 0 aliphatic heterocycles. The summed E-state index contributed by atoms with van der Waals surface area (Å²) in [6.45, 7) is 0. The average Bonchev–Trinajstić information content (AvgIpc) is 2.02. The van der Waals surface area contributed by atoms with Gasteiger partial charge in [0.2, 0.25) is 0 Å². The highest BCUT2D eigenvalue weighted by Crippen LogP contribution is 2.49. The van der Waals surface area contributed by atoms with Crippen molar-refractivity contribution in [1.82, 2.24) is 0 Å². The molecule has 0 aliphatic carbocycles. The van der Waals surface area contributed by atoms with E-state index in [1.165, 1.54) is 6.07 Å². The molecular formula is C7H11N2O3P. The highest BCUT2D eigenvalue weighted by molar-refractivity contribution is 7.52. The fourth-order valence-electron chi connectivity index (χ4n) is 0.961. The predicted octanol–water partition coefficient (Wildman–Crippen LogP) is 0.404. The minimum absolute atomic E-state index is 0.274. The van der Waals surface area contributed by atoms with E-state index < -0.39 is 13.4 Å². The van der Waals surface area contributed by atoms with Crippen molar-refractivity contribution in [1.29, 1.82) is 0 Å². The molecule has 13 heavy (non-hydrogen) atoms. The zero-order valence-electron chi connectivity index (χ0n) is 6.79. The van der Waals surface area contributed by atoms with Crippen LogP contribution in [0.3, 0.4) is 0 Å². The lowest BCUT2D eigenvalue weighted by atomic mass is 10.2. The van der Waals surface area contributed by atoms with Gasteiger partial charge in [0.05, 0.1) is 0 Å². The maximum absolute atomic E-state index is 10.8. The Bertz CT molecular complexity index is 349. The first kappa shape index (κ1) is 10.2. The number of hydrogen-bond acceptors (Lipinski definition) is 3. The van der Waals surface area contributed by atoms with Crippen LogP contribution in [-0.2, 0) is 4.57 Å². The van der Waals surface area contributed by atoms with Gasteiger partial charge in [-0.1, -0.05) is 18.2 Å². The van der Waals surface area contributed by atoms with Gasteiger partial charge in [-0.2, -0.15) is 0 Å². The normalized spacial score (nSPS) is 14.1. The average molecular weight is 202 g/mol. The fourth-order valence-corrected chi connectivity index (χ4v) is 1.56. The zero-order chi connectivity index (χ0) is 10.1. The Morgan fingerprint density at radius 3 is 2.31 bits per heavy atom. The monoisotopic (exact) mass is 202 g/mol. The van der Waals surface area contributed by atoms with E-state index in [0.29, 0.717) is 5.69 Å². The molecule has 0 saturated heterocycles. The summed E-state index contributed by atoms with van der Waals surface area (Å²) < 4.78 is 10.8. The Hall–Kier alpha value is -0.870. The summed E-state index contributed by atoms with van der Waals surface area (Å²) >= 11 is 0. The number of anilines is 1. The summed E-state index contributed by atoms with van der Waals surface area (Å²) in [6, 6.07) is 6.34. The number of para-hydroxylation sites is 1. The van der Waals surface area contributed by atoms with Crippen LogP contribution in [0, 0.1) is 0 Å². The van der Waals surface area contributed by atoms with Gasteiger partial charge in [0.15, 0.2) is 0 Å². The summed E-state index contributed by atoms with van der Waals surface area (Å²) in [6.07, 6.45) is 0. The third kappa shape index (κ3) is 2.29. The Balaban J connectivity index is 3.09. The number of hydrogen-bond donors (Lipinski definition) is 4. The van der Waals surface area contributed by atoms with Crippen LogP contribution in [0.1, 0.15) is 11.3 Å². The van der Waals surface area contributed by atoms with E-state index in [1.54, 1.807) is 18.2 Å². The van der Waals surface area contributed by atoms with Gasteiger partial charge in [0, 0.05) is 11.3 Å². The molecule has 0 fully saturated rings. The molecule has 0 bridgehead atoms. The van der Waals surface area contributed by atoms with Gasteiger partial charge in [0.25, 0.3) is 0 Å². The maximum atomic E-state index is 10.8. The van der Waals surface area contributed by atoms with Gasteiger partial charge in [-0.25, -0.2) is 0 Å². The smallest absolute Gasteiger partial charge is 0.346 e. The minimum Gasteiger partial charge on any atom is -0.398 e. The van der Waals surface area contributed by atoms with Crippen LogP contribution >= 0.6 is 7.60 Å². The van der Waals surface area contributed by atoms with Crippen LogP contribution in [0.15, 0.2) is 24.3 Å². The molecule has 0 spiro atoms. The second kappa shape index (κ2) is 3.47. The standard InChI is InChI=1S/C7H11N2O3P/c8-6-4-2-1-3-5(6)7(9)13(10,11)12/h1-4,7H,8-9H2,(H2,10,11,12). The fraction of sp³-hybridized carbons (Fsp3) is 0.143. The molecule has 6 heteroatoms. The molecule has 6 N–H and O–H groups in total. The lowest BCUT2D eigenvalue weighted by molar-refractivity contribution is 0.360. The molecular weight excluding hydrogens is 191 g/mol. The Morgan fingerprint density at radius 2 is 1.85 bits per heavy atom. The molecule has 0 aliphatic rings. The van der Waals surface area contributed by atoms with Crippen LogP contribution in [-0.4, -0.2) is 9.79 Å². The van der Waals surface area contributed by atoms with E-state index in [2.05, 4.69) is 0 Å². The van der Waals surface area contributed by atoms with Crippen LogP contribution in [0.5, 0.6) is 0 Å². The number of rotatable bonds is 2. The summed E-state index contributed by atoms with van der Waals surface area (Å²) in [4.78, 5) is 17.6. The van der Waals surface area contributed by atoms with Gasteiger partial charge in [-0.15, -0.1) is 0 Å². The van der Waals surface area contributed by atoms with Gasteiger partial charge in [-0.05, 0) is 6.07 Å². The first-order valence-electron chi connectivity index (χ1n) is 3.58. The largest absolute Gasteiger partial charge is 0.398 e. The van der Waals surface area contributed by atoms with Crippen molar-refractivity contribution in [3.63, 3.8) is 0 Å². The van der Waals surface area contributed by atoms with Gasteiger partial charge in [-0.3, -0.25) is 4.57 Å². The molecule has 0 saturated carbocycles. The summed E-state index contributed by atoms with van der Waals surface area (Å²) in [5, 5.41) is 0. The van der Waals surface area contributed by atoms with E-state index in [4.69, 9.17) is 21.3 Å². The number of benzene rings is 1. The van der Waals surface area contributed by atoms with Crippen LogP contribution in [0.4, 0.5) is 5.69 Å². The summed E-state index contributed by atoms with van der Waals surface area (Å²) in [5.41, 5.74) is 11.4. The molecule has 72 valence electrons. The topological polar surface area (TPSA) is 110 Å². The van der Waals surface area contributed by atoms with Crippen LogP contribution in [0.2, 0.25) is 0 Å². The first-order valence-corrected chi connectivity index (χ1v) is 5.26. The van der Waals surface area contributed by atoms with E-state index in [-0.39, 0.29) is 5.56 Å². The Morgan fingerprint density at radius 1 is 1.31 bits per heavy atom. The summed E-state index contributed by atoms with van der Waals surface area (Å²) in [5.74, 6) is -1.34. The van der Waals surface area contributed by atoms with Crippen LogP contribution < -0.4 is 11.5 Å². The van der Waals surface area contributed by atoms with Crippen molar-refractivity contribution in [2.75, 3.05) is 5.73 Å². The van der Waals surface area contributed by atoms with Crippen molar-refractivity contribution in [3.8, 4) is 0 Å². The van der Waals surface area contributed by atoms with Gasteiger partial charge >= 0.3 is 7.60 Å². The molecule has 5 nitrogen and oxygen atoms in total. The second-order valence-corrected chi connectivity index (χ2v) is 4.40. The first-order chi connectivity index (χ1) is 5.93. The number of nitrogen functional groups attached to an aromatic ring is 1. The maximum Gasteiger partial charge on any atom is 0.346 e. The van der Waals surface area contributed by atoms with Gasteiger partial charge < -0.3 is 21.3 Å². The Labute approximate surface area is 75.5 Å². The van der Waals surface area contributed by atoms with E-state index >= 15 is 0 Å². The molecule has 1 unspecified atom stereocenters. The van der Waals surface area contributed by atoms with E-state index in [0.717, 1.165) is 0 Å². The third-order valence-electron chi connectivity index (χ3n) is 1.68. The predicted molar refractivity (Wildman–Crippen MR) is 49.8 cm³/mol. The molecule has 1 aromatic carbocycles. The molecule has 1 aromatic rings. The van der Waals surface area contributed by atoms with Crippen molar-refractivity contribution in [2.45, 2.75) is 5.78 Å². The Kier molecular flexibility index (Phi) is 2.73. The molecule has 0 aromatic heterocycles. The SMILES string of the molecule is Nc1ccccc1C(N)P(=O)(O)O. The second-order valence-electron chi connectivity index (χ2n) is 2.66. The number of nitrogens with two attached hydrogens (primary N) is 2. The highest BCUT2D eigenvalue weighted by Gasteiger charge is 2.27. The lowest BCUT2D eigenvalue weighted by Crippen LogP contribution is -2.12. The van der Waals surface area contributed by atoms with Crippen molar-refractivity contribution < 1.29 is 14.4 Å². The third-order valence-corrected chi connectivity index (χ3v) is 2.68. The molecule has 1 atom stereocenters. The molecule has 1 rings (SSSR count). The van der Waals surface area contributed by atoms with Crippen molar-refractivity contribution in [2.24, 2.45) is 5.73 Å². The quantitative estimate of drug-likeness (QED) is 0.410. The molecule has 0 amide bonds. The highest BCUT2D eigenvalue weighted by atomic mass is 31.2. The van der Waals surface area contributed by atoms with E-state index in [1.807, 2.05) is 0 Å². The minimum atomic E-state index is -4.31. The molecule has 0 radical (unpaired) electrons. The summed E-state index contributed by atoms with van der Waals surface area (Å²) in [7, 11) is -4.31. The van der Waals surface area contributed by atoms with E-state index in [9.17, 15) is 4.57 Å². The molecule has 0 heterocycles. The van der Waals surface area contributed by atoms with Crippen molar-refractivity contribution in [3.05, 3.63) is 29.8 Å². The van der Waals surface area contributed by atoms with Crippen molar-refractivity contribution >= 4 is 13.3 Å². The zero-order valence-corrected chi connectivity index (χ0v) is 7.69.